The molecule has 3 N–H and O–H groups in total. The maximum Gasteiger partial charge on any atom is 0.227 e. The Morgan fingerprint density at radius 1 is 1.17 bits per heavy atom. The normalized spacial score (nSPS) is 16.7. The smallest absolute Gasteiger partial charge is 0.227 e. The van der Waals surface area contributed by atoms with Crippen molar-refractivity contribution in [3.63, 3.8) is 0 Å². The topological polar surface area (TPSA) is 82.7 Å². The molecule has 0 amide bonds. The van der Waals surface area contributed by atoms with Crippen molar-refractivity contribution in [3.05, 3.63) is 58.1 Å². The van der Waals surface area contributed by atoms with Crippen LogP contribution in [0.4, 0.5) is 5.69 Å². The molecule has 0 radical (unpaired) electrons. The monoisotopic (exact) mass is 329 g/mol. The van der Waals surface area contributed by atoms with Gasteiger partial charge in [0.15, 0.2) is 5.76 Å². The average molecular weight is 329 g/mol. The minimum absolute atomic E-state index is 0.170. The number of rotatable bonds is 5. The second kappa shape index (κ2) is 7.53. The minimum Gasteiger partial charge on any atom is -0.502 e. The molecule has 5 nitrogen and oxygen atoms in total. The van der Waals surface area contributed by atoms with Crippen molar-refractivity contribution in [2.45, 2.75) is 44.8 Å². The van der Waals surface area contributed by atoms with E-state index >= 15 is 0 Å². The molecule has 0 spiro atoms. The number of aliphatic hydroxyl groups is 1. The van der Waals surface area contributed by atoms with E-state index in [1.807, 2.05) is 30.3 Å². The Hall–Kier alpha value is -2.27. The van der Waals surface area contributed by atoms with Gasteiger partial charge in [-0.3, -0.25) is 4.79 Å². The van der Waals surface area contributed by atoms with E-state index in [4.69, 9.17) is 4.42 Å². The van der Waals surface area contributed by atoms with Crippen molar-refractivity contribution in [2.75, 3.05) is 5.32 Å². The van der Waals surface area contributed by atoms with Crippen LogP contribution in [0, 0.1) is 5.92 Å². The van der Waals surface area contributed by atoms with Crippen molar-refractivity contribution >= 4 is 5.69 Å². The fourth-order valence-corrected chi connectivity index (χ4v) is 3.42. The van der Waals surface area contributed by atoms with Crippen LogP contribution in [-0.2, 0) is 6.61 Å². The van der Waals surface area contributed by atoms with Gasteiger partial charge in [-0.1, -0.05) is 37.5 Å². The van der Waals surface area contributed by atoms with Crippen LogP contribution in [0.3, 0.4) is 0 Å². The highest BCUT2D eigenvalue weighted by molar-refractivity contribution is 5.46. The van der Waals surface area contributed by atoms with E-state index < -0.39 is 5.43 Å². The number of hydrogen-bond acceptors (Lipinski definition) is 5. The number of nitrogens with one attached hydrogen (secondary N) is 1. The Morgan fingerprint density at radius 2 is 1.88 bits per heavy atom. The van der Waals surface area contributed by atoms with Gasteiger partial charge in [0.2, 0.25) is 11.2 Å². The average Bonchev–Trinajstić information content (AvgIpc) is 2.64. The predicted molar refractivity (Wildman–Crippen MR) is 91.9 cm³/mol. The second-order valence-electron chi connectivity index (χ2n) is 6.33. The molecule has 1 unspecified atom stereocenters. The maximum absolute atomic E-state index is 12.0. The largest absolute Gasteiger partial charge is 0.502 e. The van der Waals surface area contributed by atoms with Gasteiger partial charge < -0.3 is 19.9 Å². The zero-order valence-electron chi connectivity index (χ0n) is 13.6. The molecule has 1 aliphatic rings. The van der Waals surface area contributed by atoms with Crippen LogP contribution in [0.1, 0.15) is 49.7 Å². The van der Waals surface area contributed by atoms with Crippen molar-refractivity contribution < 1.29 is 14.6 Å². The molecular weight excluding hydrogens is 306 g/mol. The molecule has 1 aromatic carbocycles. The minimum atomic E-state index is -0.518. The summed E-state index contributed by atoms with van der Waals surface area (Å²) in [6, 6.07) is 10.5. The number of aliphatic hydroxyl groups excluding tert-OH is 1. The lowest BCUT2D eigenvalue weighted by atomic mass is 9.82. The highest BCUT2D eigenvalue weighted by Crippen LogP contribution is 2.39. The molecule has 1 aliphatic carbocycles. The fraction of sp³-hybridized carbons (Fsp3) is 0.421. The lowest BCUT2D eigenvalue weighted by Crippen LogP contribution is -2.24. The number of para-hydroxylation sites is 1. The van der Waals surface area contributed by atoms with Gasteiger partial charge in [0.05, 0.1) is 6.04 Å². The summed E-state index contributed by atoms with van der Waals surface area (Å²) in [5.41, 5.74) is 0.389. The number of anilines is 1. The lowest BCUT2D eigenvalue weighted by molar-refractivity contribution is 0.221. The van der Waals surface area contributed by atoms with Crippen LogP contribution in [-0.4, -0.2) is 10.2 Å². The van der Waals surface area contributed by atoms with Gasteiger partial charge in [0, 0.05) is 11.8 Å². The van der Waals surface area contributed by atoms with Gasteiger partial charge in [-0.2, -0.15) is 0 Å². The molecule has 1 saturated carbocycles. The van der Waals surface area contributed by atoms with Gasteiger partial charge in [0.25, 0.3) is 0 Å². The van der Waals surface area contributed by atoms with Crippen molar-refractivity contribution in [2.24, 2.45) is 5.92 Å². The standard InChI is InChI=1S/C19H23NO4/c21-12-15-11-16(22)18(23)19(24-15)17(13-7-3-1-4-8-13)20-14-9-5-2-6-10-14/h2,5-6,9-11,13,17,20-21,23H,1,3-4,7-8,12H2. The second-order valence-corrected chi connectivity index (χ2v) is 6.33. The first-order valence-corrected chi connectivity index (χ1v) is 8.47. The van der Waals surface area contributed by atoms with Crippen LogP contribution in [0.5, 0.6) is 5.75 Å². The molecule has 1 fully saturated rings. The molecule has 3 rings (SSSR count). The Balaban J connectivity index is 2.00. The summed E-state index contributed by atoms with van der Waals surface area (Å²) in [4.78, 5) is 12.0. The first-order chi connectivity index (χ1) is 11.7. The van der Waals surface area contributed by atoms with Crippen molar-refractivity contribution in [3.8, 4) is 5.75 Å². The third kappa shape index (κ3) is 3.62. The Bertz CT molecular complexity index is 720. The van der Waals surface area contributed by atoms with Gasteiger partial charge >= 0.3 is 0 Å². The zero-order valence-corrected chi connectivity index (χ0v) is 13.6. The summed E-state index contributed by atoms with van der Waals surface area (Å²) in [5, 5.41) is 23.0. The summed E-state index contributed by atoms with van der Waals surface area (Å²) < 4.78 is 5.66. The van der Waals surface area contributed by atoms with E-state index in [-0.39, 0.29) is 35.8 Å². The van der Waals surface area contributed by atoms with E-state index in [1.54, 1.807) is 0 Å². The summed E-state index contributed by atoms with van der Waals surface area (Å²) in [5.74, 6) is 0.291. The number of aromatic hydroxyl groups is 1. The maximum atomic E-state index is 12.0. The molecule has 24 heavy (non-hydrogen) atoms. The highest BCUT2D eigenvalue weighted by Gasteiger charge is 2.30. The lowest BCUT2D eigenvalue weighted by Gasteiger charge is -2.31. The first kappa shape index (κ1) is 16.6. The van der Waals surface area contributed by atoms with E-state index in [9.17, 15) is 15.0 Å². The Morgan fingerprint density at radius 3 is 2.54 bits per heavy atom. The van der Waals surface area contributed by atoms with E-state index in [2.05, 4.69) is 5.32 Å². The molecule has 1 aromatic heterocycles. The third-order valence-corrected chi connectivity index (χ3v) is 4.66. The van der Waals surface area contributed by atoms with Crippen LogP contribution >= 0.6 is 0 Å². The molecule has 5 heteroatoms. The molecule has 0 aliphatic heterocycles. The summed E-state index contributed by atoms with van der Waals surface area (Å²) >= 11 is 0. The van der Waals surface area contributed by atoms with E-state index in [0.717, 1.165) is 37.4 Å². The molecule has 1 heterocycles. The molecule has 128 valence electrons. The van der Waals surface area contributed by atoms with Gasteiger partial charge in [-0.15, -0.1) is 0 Å². The van der Waals surface area contributed by atoms with Crippen molar-refractivity contribution in [1.82, 2.24) is 0 Å². The predicted octanol–water partition coefficient (Wildman–Crippen LogP) is 3.57. The number of benzene rings is 1. The SMILES string of the molecule is O=c1cc(CO)oc(C(Nc2ccccc2)C2CCCCC2)c1O. The molecule has 1 atom stereocenters. The first-order valence-electron chi connectivity index (χ1n) is 8.47. The third-order valence-electron chi connectivity index (χ3n) is 4.66. The Kier molecular flexibility index (Phi) is 5.20. The summed E-state index contributed by atoms with van der Waals surface area (Å²) in [7, 11) is 0. The molecular formula is C19H23NO4. The van der Waals surface area contributed by atoms with Crippen LogP contribution in [0.25, 0.3) is 0 Å². The Labute approximate surface area is 141 Å². The molecule has 0 saturated heterocycles. The number of hydrogen-bond donors (Lipinski definition) is 3. The van der Waals surface area contributed by atoms with Crippen LogP contribution in [0.15, 0.2) is 45.6 Å². The zero-order chi connectivity index (χ0) is 16.9. The van der Waals surface area contributed by atoms with E-state index in [0.29, 0.717) is 0 Å². The van der Waals surface area contributed by atoms with E-state index in [1.165, 1.54) is 6.42 Å². The highest BCUT2D eigenvalue weighted by atomic mass is 16.4. The summed E-state index contributed by atoms with van der Waals surface area (Å²) in [6.07, 6.45) is 5.49. The van der Waals surface area contributed by atoms with Gasteiger partial charge in [-0.05, 0) is 30.9 Å². The molecule has 2 aromatic rings. The van der Waals surface area contributed by atoms with Crippen LogP contribution in [0.2, 0.25) is 0 Å². The van der Waals surface area contributed by atoms with Gasteiger partial charge in [0.1, 0.15) is 12.4 Å². The molecule has 0 bridgehead atoms. The quantitative estimate of drug-likeness (QED) is 0.781. The fourth-order valence-electron chi connectivity index (χ4n) is 3.42. The van der Waals surface area contributed by atoms with Crippen LogP contribution < -0.4 is 10.7 Å². The van der Waals surface area contributed by atoms with Crippen molar-refractivity contribution in [1.29, 1.82) is 0 Å². The van der Waals surface area contributed by atoms with Gasteiger partial charge in [-0.25, -0.2) is 0 Å². The summed E-state index contributed by atoms with van der Waals surface area (Å²) in [6.45, 7) is -0.370.